The van der Waals surface area contributed by atoms with Crippen molar-refractivity contribution in [2.75, 3.05) is 13.7 Å². The Labute approximate surface area is 133 Å². The molecule has 1 aliphatic heterocycles. The summed E-state index contributed by atoms with van der Waals surface area (Å²) in [4.78, 5) is 11.3. The van der Waals surface area contributed by atoms with Gasteiger partial charge in [-0.15, -0.1) is 0 Å². The largest absolute Gasteiger partial charge is 0.493 e. The highest BCUT2D eigenvalue weighted by Gasteiger charge is 2.46. The van der Waals surface area contributed by atoms with Crippen LogP contribution in [0, 0.1) is 0 Å². The molecule has 4 N–H and O–H groups in total. The predicted octanol–water partition coefficient (Wildman–Crippen LogP) is -0.982. The lowest BCUT2D eigenvalue weighted by Crippen LogP contribution is -2.65. The molecule has 0 radical (unpaired) electrons. The number of hydrogen-bond acceptors (Lipinski definition) is 7. The van der Waals surface area contributed by atoms with Crippen molar-refractivity contribution in [1.82, 2.24) is 5.32 Å². The Kier molecular flexibility index (Phi) is 5.78. The number of rotatable bonds is 5. The summed E-state index contributed by atoms with van der Waals surface area (Å²) in [5, 5.41) is 31.9. The third kappa shape index (κ3) is 3.91. The summed E-state index contributed by atoms with van der Waals surface area (Å²) in [5.74, 6) is 0.371. The van der Waals surface area contributed by atoms with E-state index in [-0.39, 0.29) is 0 Å². The number of amides is 1. The van der Waals surface area contributed by atoms with Crippen LogP contribution < -0.4 is 14.8 Å². The fourth-order valence-corrected chi connectivity index (χ4v) is 2.41. The molecule has 1 heterocycles. The molecule has 8 nitrogen and oxygen atoms in total. The zero-order valence-corrected chi connectivity index (χ0v) is 12.9. The number of carbonyl (C=O) groups excluding carboxylic acids is 1. The maximum Gasteiger partial charge on any atom is 0.223 e. The first-order valence-electron chi connectivity index (χ1n) is 7.17. The Balaban J connectivity index is 2.25. The maximum absolute atomic E-state index is 11.3. The van der Waals surface area contributed by atoms with Crippen molar-refractivity contribution in [2.45, 2.75) is 37.6 Å². The van der Waals surface area contributed by atoms with Gasteiger partial charge in [0.15, 0.2) is 11.5 Å². The minimum atomic E-state index is -1.36. The molecular formula is C15H21NO7. The normalized spacial score (nSPS) is 30.6. The van der Waals surface area contributed by atoms with Gasteiger partial charge in [0.1, 0.15) is 24.4 Å². The SMILES string of the molecule is COc1ccccc1O[C@H]1O[C@@H](CO)[C@@H](O)[C@@H](O)[C@@H]1NC(C)=O. The van der Waals surface area contributed by atoms with Crippen molar-refractivity contribution in [2.24, 2.45) is 0 Å². The summed E-state index contributed by atoms with van der Waals surface area (Å²) in [6.45, 7) is 0.772. The summed E-state index contributed by atoms with van der Waals surface area (Å²) in [7, 11) is 1.48. The van der Waals surface area contributed by atoms with Crippen molar-refractivity contribution in [3.63, 3.8) is 0 Å². The van der Waals surface area contributed by atoms with E-state index in [1.165, 1.54) is 14.0 Å². The van der Waals surface area contributed by atoms with Crippen LogP contribution in [0.2, 0.25) is 0 Å². The molecule has 0 unspecified atom stereocenters. The molecule has 1 aromatic rings. The van der Waals surface area contributed by atoms with Crippen LogP contribution in [0.4, 0.5) is 0 Å². The van der Waals surface area contributed by atoms with Gasteiger partial charge in [0, 0.05) is 6.92 Å². The fraction of sp³-hybridized carbons (Fsp3) is 0.533. The van der Waals surface area contributed by atoms with Gasteiger partial charge in [-0.25, -0.2) is 0 Å². The van der Waals surface area contributed by atoms with Gasteiger partial charge in [-0.3, -0.25) is 4.79 Å². The second kappa shape index (κ2) is 7.60. The van der Waals surface area contributed by atoms with E-state index in [1.807, 2.05) is 0 Å². The molecule has 0 spiro atoms. The lowest BCUT2D eigenvalue weighted by Gasteiger charge is -2.42. The van der Waals surface area contributed by atoms with Crippen LogP contribution in [-0.4, -0.2) is 65.6 Å². The number of hydrogen-bond donors (Lipinski definition) is 4. The minimum absolute atomic E-state index is 0.343. The third-order valence-corrected chi connectivity index (χ3v) is 3.56. The Morgan fingerprint density at radius 2 is 1.91 bits per heavy atom. The van der Waals surface area contributed by atoms with Crippen LogP contribution in [0.1, 0.15) is 6.92 Å². The summed E-state index contributed by atoms with van der Waals surface area (Å²) in [5.41, 5.74) is 0. The average molecular weight is 327 g/mol. The van der Waals surface area contributed by atoms with Crippen LogP contribution in [0.15, 0.2) is 24.3 Å². The molecule has 2 rings (SSSR count). The maximum atomic E-state index is 11.3. The van der Waals surface area contributed by atoms with Crippen molar-refractivity contribution in [1.29, 1.82) is 0 Å². The van der Waals surface area contributed by atoms with Crippen molar-refractivity contribution in [3.05, 3.63) is 24.3 Å². The lowest BCUT2D eigenvalue weighted by molar-refractivity contribution is -0.244. The highest BCUT2D eigenvalue weighted by atomic mass is 16.7. The molecule has 1 aliphatic rings. The standard InChI is InChI=1S/C15H21NO7/c1-8(18)16-12-14(20)13(19)11(7-17)23-15(12)22-10-6-4-3-5-9(10)21-2/h3-6,11-15,17,19-20H,7H2,1-2H3,(H,16,18)/t11-,12-,13+,14-,15-/m0/s1. The van der Waals surface area contributed by atoms with E-state index in [2.05, 4.69) is 5.32 Å². The van der Waals surface area contributed by atoms with E-state index >= 15 is 0 Å². The number of benzene rings is 1. The number of aliphatic hydroxyl groups excluding tert-OH is 3. The van der Waals surface area contributed by atoms with E-state index in [0.29, 0.717) is 11.5 Å². The Morgan fingerprint density at radius 1 is 1.26 bits per heavy atom. The number of nitrogens with one attached hydrogen (secondary N) is 1. The van der Waals surface area contributed by atoms with E-state index < -0.39 is 43.2 Å². The summed E-state index contributed by atoms with van der Waals surface area (Å²) in [6, 6.07) is 5.80. The fourth-order valence-electron chi connectivity index (χ4n) is 2.41. The first-order chi connectivity index (χ1) is 11.0. The molecule has 5 atom stereocenters. The topological polar surface area (TPSA) is 117 Å². The summed E-state index contributed by atoms with van der Waals surface area (Å²) >= 11 is 0. The molecule has 0 bridgehead atoms. The van der Waals surface area contributed by atoms with Crippen LogP contribution >= 0.6 is 0 Å². The molecule has 1 aromatic carbocycles. The molecule has 8 heteroatoms. The molecule has 0 aliphatic carbocycles. The van der Waals surface area contributed by atoms with Crippen LogP contribution in [-0.2, 0) is 9.53 Å². The van der Waals surface area contributed by atoms with Gasteiger partial charge in [0.05, 0.1) is 13.7 Å². The Bertz CT molecular complexity index is 538. The van der Waals surface area contributed by atoms with Crippen LogP contribution in [0.25, 0.3) is 0 Å². The molecule has 0 saturated carbocycles. The van der Waals surface area contributed by atoms with E-state index in [0.717, 1.165) is 0 Å². The molecule has 1 fully saturated rings. The number of ether oxygens (including phenoxy) is 3. The molecule has 23 heavy (non-hydrogen) atoms. The zero-order chi connectivity index (χ0) is 17.0. The highest BCUT2D eigenvalue weighted by Crippen LogP contribution is 2.30. The van der Waals surface area contributed by atoms with Crippen molar-refractivity contribution < 1.29 is 34.3 Å². The first-order valence-corrected chi connectivity index (χ1v) is 7.17. The number of methoxy groups -OCH3 is 1. The molecule has 128 valence electrons. The van der Waals surface area contributed by atoms with Gasteiger partial charge < -0.3 is 34.8 Å². The van der Waals surface area contributed by atoms with E-state index in [9.17, 15) is 20.1 Å². The highest BCUT2D eigenvalue weighted by molar-refractivity contribution is 5.73. The van der Waals surface area contributed by atoms with Gasteiger partial charge in [0.25, 0.3) is 0 Å². The molecular weight excluding hydrogens is 306 g/mol. The van der Waals surface area contributed by atoms with Gasteiger partial charge >= 0.3 is 0 Å². The van der Waals surface area contributed by atoms with Gasteiger partial charge in [-0.1, -0.05) is 12.1 Å². The van der Waals surface area contributed by atoms with E-state index in [1.54, 1.807) is 24.3 Å². The molecule has 1 amide bonds. The van der Waals surface area contributed by atoms with Crippen LogP contribution in [0.5, 0.6) is 11.5 Å². The number of para-hydroxylation sites is 2. The summed E-state index contributed by atoms with van der Waals surface area (Å²) in [6.07, 6.45) is -4.85. The number of aliphatic hydroxyl groups is 3. The first kappa shape index (κ1) is 17.5. The Hall–Kier alpha value is -1.87. The molecule has 0 aromatic heterocycles. The van der Waals surface area contributed by atoms with Crippen molar-refractivity contribution >= 4 is 5.91 Å². The quantitative estimate of drug-likeness (QED) is 0.549. The number of carbonyl (C=O) groups is 1. The van der Waals surface area contributed by atoms with Gasteiger partial charge in [-0.05, 0) is 12.1 Å². The monoisotopic (exact) mass is 327 g/mol. The average Bonchev–Trinajstić information content (AvgIpc) is 2.54. The smallest absolute Gasteiger partial charge is 0.223 e. The minimum Gasteiger partial charge on any atom is -0.493 e. The predicted molar refractivity (Wildman–Crippen MR) is 79.0 cm³/mol. The van der Waals surface area contributed by atoms with Crippen LogP contribution in [0.3, 0.4) is 0 Å². The Morgan fingerprint density at radius 3 is 2.48 bits per heavy atom. The van der Waals surface area contributed by atoms with Gasteiger partial charge in [-0.2, -0.15) is 0 Å². The zero-order valence-electron chi connectivity index (χ0n) is 12.9. The van der Waals surface area contributed by atoms with Crippen molar-refractivity contribution in [3.8, 4) is 11.5 Å². The third-order valence-electron chi connectivity index (χ3n) is 3.56. The summed E-state index contributed by atoms with van der Waals surface area (Å²) < 4.78 is 16.4. The van der Waals surface area contributed by atoms with E-state index in [4.69, 9.17) is 14.2 Å². The molecule has 1 saturated heterocycles. The van der Waals surface area contributed by atoms with Gasteiger partial charge in [0.2, 0.25) is 12.2 Å². The lowest BCUT2D eigenvalue weighted by atomic mass is 9.97. The second-order valence-electron chi connectivity index (χ2n) is 5.20. The second-order valence-corrected chi connectivity index (χ2v) is 5.20.